The van der Waals surface area contributed by atoms with E-state index in [1.165, 1.54) is 84.6 Å². The molecule has 0 bridgehead atoms. The number of methoxy groups -OCH3 is 1. The Bertz CT molecular complexity index is 4050. The topological polar surface area (TPSA) is 147 Å². The molecule has 8 aromatic carbocycles. The summed E-state index contributed by atoms with van der Waals surface area (Å²) in [5.74, 6) is 0.432. The van der Waals surface area contributed by atoms with E-state index < -0.39 is 9.84 Å². The zero-order valence-electron chi connectivity index (χ0n) is 52.5. The van der Waals surface area contributed by atoms with Gasteiger partial charge in [0.2, 0.25) is 0 Å². The molecule has 13 heteroatoms. The van der Waals surface area contributed by atoms with Gasteiger partial charge in [-0.2, -0.15) is 20.4 Å². The van der Waals surface area contributed by atoms with E-state index in [2.05, 4.69) is 205 Å². The van der Waals surface area contributed by atoms with Crippen molar-refractivity contribution in [3.63, 3.8) is 0 Å². The molecule has 87 heavy (non-hydrogen) atoms. The number of sulfone groups is 1. The number of H-pyrrole nitrogens is 3. The van der Waals surface area contributed by atoms with Crippen LogP contribution < -0.4 is 4.74 Å². The lowest BCUT2D eigenvalue weighted by atomic mass is 10.0. The average molecular weight is 1180 g/mol. The summed E-state index contributed by atoms with van der Waals surface area (Å²) >= 11 is 0. The van der Waals surface area contributed by atoms with E-state index in [0.29, 0.717) is 16.2 Å². The van der Waals surface area contributed by atoms with Crippen LogP contribution in [0.25, 0.3) is 55.6 Å². The summed E-state index contributed by atoms with van der Waals surface area (Å²) in [6.07, 6.45) is 10.7. The average Bonchev–Trinajstić information content (AvgIpc) is 4.37. The summed E-state index contributed by atoms with van der Waals surface area (Å²) < 4.78 is 42.4. The number of aromatic amines is 3. The molecular weight excluding hydrogens is 1100 g/mol. The van der Waals surface area contributed by atoms with E-state index in [0.717, 1.165) is 39.3 Å². The van der Waals surface area contributed by atoms with Crippen molar-refractivity contribution in [1.29, 1.82) is 0 Å². The number of ether oxygens (including phenoxy) is 1. The van der Waals surface area contributed by atoms with Gasteiger partial charge in [-0.3, -0.25) is 20.0 Å². The predicted molar refractivity (Wildman–Crippen MR) is 357 cm³/mol. The summed E-state index contributed by atoms with van der Waals surface area (Å²) in [7, 11) is 0.486. The number of aryl methyl sites for hydroxylation is 12. The number of benzene rings is 8. The first-order chi connectivity index (χ1) is 41.6. The Balaban J connectivity index is 0.000000163. The lowest BCUT2D eigenvalue weighted by Crippen LogP contribution is -1.95. The standard InChI is InChI=1S/C14H13FO.C12H14N2.2C11H12N2.C10H10N2.C8H10O2S.C8H10/c1-10-3-5-11(6-4-10)13-9-12(16-2)7-8-14(13)15;1-8-4-6-11(7-5-8)12-9(2)13-14-10(12)3;1-8-3-5-10(6-4-8)11-7-12-13-9(11)2;1-9-4-3-5-10(6-9)11-7-12-13(2)8-11;1-8-2-4-9(5-3-8)10-6-11-12-7-10;1-7-3-5-8(6-4-7)11(2,9)10;1-7-3-5-8(2)6-4-7/h3-9H,1-2H3;4-7H,1-3H3,(H,13,14);3-7H,1-2H3,(H,12,13);3-8H,1-2H3;2-7H,1H3,(H,11,12);3-6H,1-2H3;3-6H,1-2H3. The van der Waals surface area contributed by atoms with Crippen LogP contribution in [0.15, 0.2) is 224 Å². The summed E-state index contributed by atoms with van der Waals surface area (Å²) in [4.78, 5) is 0.378. The van der Waals surface area contributed by atoms with Crippen LogP contribution in [0.3, 0.4) is 0 Å². The van der Waals surface area contributed by atoms with Crippen LogP contribution in [-0.2, 0) is 16.9 Å². The molecule has 0 atom stereocenters. The molecule has 0 unspecified atom stereocenters. The van der Waals surface area contributed by atoms with Crippen LogP contribution in [0.1, 0.15) is 61.6 Å². The number of hydrogen-bond acceptors (Lipinski definition) is 7. The fraction of sp³-hybridized carbons (Fsp3) is 0.189. The number of hydrogen-bond donors (Lipinski definition) is 3. The highest BCUT2D eigenvalue weighted by Gasteiger charge is 2.09. The molecule has 0 aliphatic rings. The van der Waals surface area contributed by atoms with Gasteiger partial charge in [0.25, 0.3) is 0 Å². The number of nitrogens with zero attached hydrogens (tertiary/aromatic N) is 5. The second-order valence-electron chi connectivity index (χ2n) is 21.5. The van der Waals surface area contributed by atoms with Crippen LogP contribution in [0.2, 0.25) is 0 Å². The van der Waals surface area contributed by atoms with Crippen molar-refractivity contribution in [2.45, 2.75) is 81.1 Å². The van der Waals surface area contributed by atoms with Crippen molar-refractivity contribution >= 4 is 9.84 Å². The van der Waals surface area contributed by atoms with Crippen molar-refractivity contribution in [3.05, 3.63) is 286 Å². The molecule has 12 rings (SSSR count). The van der Waals surface area contributed by atoms with Gasteiger partial charge >= 0.3 is 0 Å². The van der Waals surface area contributed by atoms with E-state index in [1.54, 1.807) is 43.5 Å². The summed E-state index contributed by atoms with van der Waals surface area (Å²) in [5, 5.41) is 24.9. The van der Waals surface area contributed by atoms with Gasteiger partial charge < -0.3 is 4.74 Å². The molecular formula is C74H81FN8O3S. The first-order valence-corrected chi connectivity index (χ1v) is 30.4. The molecule has 0 aliphatic heterocycles. The minimum absolute atomic E-state index is 0.232. The highest BCUT2D eigenvalue weighted by Crippen LogP contribution is 2.28. The van der Waals surface area contributed by atoms with Crippen LogP contribution in [-0.4, -0.2) is 62.2 Å². The van der Waals surface area contributed by atoms with Gasteiger partial charge in [0.05, 0.1) is 36.3 Å². The lowest BCUT2D eigenvalue weighted by molar-refractivity contribution is 0.414. The zero-order valence-corrected chi connectivity index (χ0v) is 53.3. The molecule has 448 valence electrons. The third-order valence-electron chi connectivity index (χ3n) is 13.8. The largest absolute Gasteiger partial charge is 0.497 e. The molecule has 0 fully saturated rings. The molecule has 0 amide bonds. The molecule has 11 nitrogen and oxygen atoms in total. The molecule has 12 aromatic rings. The van der Waals surface area contributed by atoms with Crippen molar-refractivity contribution < 1.29 is 17.5 Å². The Kier molecular flexibility index (Phi) is 24.8. The van der Waals surface area contributed by atoms with Crippen molar-refractivity contribution in [1.82, 2.24) is 40.4 Å². The van der Waals surface area contributed by atoms with E-state index in [-0.39, 0.29) is 5.82 Å². The van der Waals surface area contributed by atoms with Gasteiger partial charge in [0.1, 0.15) is 11.6 Å². The molecule has 0 radical (unpaired) electrons. The first-order valence-electron chi connectivity index (χ1n) is 28.5. The first kappa shape index (κ1) is 66.4. The van der Waals surface area contributed by atoms with Gasteiger partial charge in [-0.05, 0) is 134 Å². The zero-order chi connectivity index (χ0) is 63.0. The van der Waals surface area contributed by atoms with Crippen LogP contribution in [0.5, 0.6) is 5.75 Å². The fourth-order valence-electron chi connectivity index (χ4n) is 8.63. The SMILES string of the molecule is COc1ccc(F)c(-c2ccc(C)cc2)c1.Cc1ccc(-c2c(C)n[nH]c2C)cc1.Cc1ccc(-c2cn[nH]c2)cc1.Cc1ccc(-c2cn[nH]c2C)cc1.Cc1ccc(C)cc1.Cc1ccc(S(C)(=O)=O)cc1.Cc1cccc(-c2cnn(C)c2)c1. The Hall–Kier alpha value is -9.72. The second kappa shape index (κ2) is 32.5. The summed E-state index contributed by atoms with van der Waals surface area (Å²) in [6.45, 7) is 22.6. The maximum atomic E-state index is 13.6. The van der Waals surface area contributed by atoms with Crippen molar-refractivity contribution in [3.8, 4) is 61.4 Å². The smallest absolute Gasteiger partial charge is 0.175 e. The van der Waals surface area contributed by atoms with Gasteiger partial charge in [0, 0.05) is 64.9 Å². The third kappa shape index (κ3) is 21.4. The molecule has 4 heterocycles. The van der Waals surface area contributed by atoms with Crippen LogP contribution in [0, 0.1) is 82.0 Å². The lowest BCUT2D eigenvalue weighted by Gasteiger charge is -2.06. The number of aromatic nitrogens is 8. The second-order valence-corrected chi connectivity index (χ2v) is 23.5. The quantitative estimate of drug-likeness (QED) is 0.144. The maximum Gasteiger partial charge on any atom is 0.175 e. The number of halogens is 1. The Labute approximate surface area is 514 Å². The Morgan fingerprint density at radius 1 is 0.448 bits per heavy atom. The normalized spacial score (nSPS) is 10.3. The van der Waals surface area contributed by atoms with E-state index in [1.807, 2.05) is 94.7 Å². The monoisotopic (exact) mass is 1180 g/mol. The van der Waals surface area contributed by atoms with E-state index in [9.17, 15) is 12.8 Å². The van der Waals surface area contributed by atoms with Gasteiger partial charge in [-0.15, -0.1) is 0 Å². The van der Waals surface area contributed by atoms with Crippen molar-refractivity contribution in [2.75, 3.05) is 13.4 Å². The van der Waals surface area contributed by atoms with E-state index in [4.69, 9.17) is 4.74 Å². The molecule has 4 aromatic heterocycles. The van der Waals surface area contributed by atoms with Crippen molar-refractivity contribution in [2.24, 2.45) is 7.05 Å². The minimum atomic E-state index is -3.02. The van der Waals surface area contributed by atoms with Crippen LogP contribution in [0.4, 0.5) is 4.39 Å². The molecule has 3 N–H and O–H groups in total. The third-order valence-corrected chi connectivity index (χ3v) is 14.9. The van der Waals surface area contributed by atoms with Crippen LogP contribution >= 0.6 is 0 Å². The molecule has 0 spiro atoms. The van der Waals surface area contributed by atoms with Gasteiger partial charge in [-0.1, -0.05) is 202 Å². The Morgan fingerprint density at radius 2 is 0.931 bits per heavy atom. The number of nitrogens with one attached hydrogen (secondary N) is 3. The summed E-state index contributed by atoms with van der Waals surface area (Å²) in [6, 6.07) is 61.6. The highest BCUT2D eigenvalue weighted by molar-refractivity contribution is 7.90. The summed E-state index contributed by atoms with van der Waals surface area (Å²) in [5.41, 5.74) is 24.4. The number of rotatable bonds is 7. The van der Waals surface area contributed by atoms with Gasteiger partial charge in [0.15, 0.2) is 9.84 Å². The van der Waals surface area contributed by atoms with E-state index >= 15 is 0 Å². The minimum Gasteiger partial charge on any atom is -0.497 e. The molecule has 0 aliphatic carbocycles. The van der Waals surface area contributed by atoms with Gasteiger partial charge in [-0.25, -0.2) is 12.8 Å². The molecule has 0 saturated carbocycles. The Morgan fingerprint density at radius 3 is 1.34 bits per heavy atom. The maximum absolute atomic E-state index is 13.6. The molecule has 0 saturated heterocycles. The predicted octanol–water partition coefficient (Wildman–Crippen LogP) is 18.0. The fourth-order valence-corrected chi connectivity index (χ4v) is 9.26. The highest BCUT2D eigenvalue weighted by atomic mass is 32.2.